The Labute approximate surface area is 126 Å². The lowest BCUT2D eigenvalue weighted by atomic mass is 9.73. The summed E-state index contributed by atoms with van der Waals surface area (Å²) in [6, 6.07) is 3.71. The van der Waals surface area contributed by atoms with Gasteiger partial charge in [-0.25, -0.2) is 4.98 Å². The maximum Gasteiger partial charge on any atom is 0.251 e. The Hall–Kier alpha value is -1.09. The first-order valence-electron chi connectivity index (χ1n) is 7.39. The molecule has 0 aromatic carbocycles. The van der Waals surface area contributed by atoms with E-state index in [-0.39, 0.29) is 17.4 Å². The van der Waals surface area contributed by atoms with Gasteiger partial charge in [0.05, 0.1) is 0 Å². The highest BCUT2D eigenvalue weighted by Gasteiger charge is 2.33. The fourth-order valence-electron chi connectivity index (χ4n) is 2.87. The third kappa shape index (κ3) is 3.51. The van der Waals surface area contributed by atoms with Crippen molar-refractivity contribution >= 4 is 17.5 Å². The van der Waals surface area contributed by atoms with Gasteiger partial charge in [0, 0.05) is 17.3 Å². The summed E-state index contributed by atoms with van der Waals surface area (Å²) in [4.78, 5) is 16.6. The first-order valence-corrected chi connectivity index (χ1v) is 7.77. The fraction of sp³-hybridized carbons (Fsp3) is 0.625. The molecule has 1 aromatic heterocycles. The van der Waals surface area contributed by atoms with E-state index in [2.05, 4.69) is 24.1 Å². The van der Waals surface area contributed by atoms with Crippen molar-refractivity contribution in [1.82, 2.24) is 10.3 Å². The van der Waals surface area contributed by atoms with Crippen LogP contribution in [0.15, 0.2) is 12.1 Å². The summed E-state index contributed by atoms with van der Waals surface area (Å²) in [6.07, 6.45) is 5.43. The van der Waals surface area contributed by atoms with Crippen molar-refractivity contribution in [2.75, 3.05) is 0 Å². The molecular formula is C16H23ClN2O. The minimum absolute atomic E-state index is 0.0380. The van der Waals surface area contributed by atoms with Crippen LogP contribution < -0.4 is 5.32 Å². The van der Waals surface area contributed by atoms with E-state index in [1.54, 1.807) is 6.07 Å². The lowest BCUT2D eigenvalue weighted by Gasteiger charge is -2.39. The Morgan fingerprint density at radius 1 is 1.45 bits per heavy atom. The van der Waals surface area contributed by atoms with Gasteiger partial charge in [0.1, 0.15) is 5.15 Å². The lowest BCUT2D eigenvalue weighted by Crippen LogP contribution is -2.46. The van der Waals surface area contributed by atoms with Gasteiger partial charge in [-0.2, -0.15) is 0 Å². The third-order valence-corrected chi connectivity index (χ3v) is 4.48. The molecule has 1 heterocycles. The summed E-state index contributed by atoms with van der Waals surface area (Å²) in [5, 5.41) is 3.57. The minimum atomic E-state index is -0.0380. The summed E-state index contributed by atoms with van der Waals surface area (Å²) < 4.78 is 0. The van der Waals surface area contributed by atoms with Crippen LogP contribution in [0.4, 0.5) is 0 Å². The summed E-state index contributed by atoms with van der Waals surface area (Å²) in [7, 11) is 0. The van der Waals surface area contributed by atoms with Gasteiger partial charge in [-0.05, 0) is 36.8 Å². The van der Waals surface area contributed by atoms with Crippen molar-refractivity contribution in [3.05, 3.63) is 28.5 Å². The number of nitrogens with zero attached hydrogens (tertiary/aromatic N) is 1. The van der Waals surface area contributed by atoms with Gasteiger partial charge in [0.25, 0.3) is 5.91 Å². The highest BCUT2D eigenvalue weighted by Crippen LogP contribution is 2.35. The summed E-state index contributed by atoms with van der Waals surface area (Å²) in [5.41, 5.74) is 1.63. The van der Waals surface area contributed by atoms with Gasteiger partial charge in [0.2, 0.25) is 0 Å². The van der Waals surface area contributed by atoms with E-state index in [9.17, 15) is 4.79 Å². The molecule has 0 bridgehead atoms. The van der Waals surface area contributed by atoms with Gasteiger partial charge in [-0.3, -0.25) is 4.79 Å². The molecule has 0 aliphatic heterocycles. The second kappa shape index (κ2) is 6.13. The Morgan fingerprint density at radius 2 is 2.20 bits per heavy atom. The quantitative estimate of drug-likeness (QED) is 0.856. The van der Waals surface area contributed by atoms with Crippen LogP contribution in [0, 0.1) is 5.41 Å². The highest BCUT2D eigenvalue weighted by molar-refractivity contribution is 6.29. The molecule has 0 radical (unpaired) electrons. The molecule has 1 atom stereocenters. The number of hydrogen-bond donors (Lipinski definition) is 1. The topological polar surface area (TPSA) is 42.0 Å². The van der Waals surface area contributed by atoms with Crippen LogP contribution >= 0.6 is 11.6 Å². The fourth-order valence-corrected chi connectivity index (χ4v) is 3.09. The first-order chi connectivity index (χ1) is 9.42. The molecule has 1 aliphatic rings. The zero-order valence-electron chi connectivity index (χ0n) is 12.5. The van der Waals surface area contributed by atoms with Crippen LogP contribution in [-0.4, -0.2) is 16.9 Å². The normalized spacial score (nSPS) is 21.5. The molecular weight excluding hydrogens is 272 g/mol. The SMILES string of the molecule is CCc1cc(C(=O)NC2CCCCC2(C)C)cc(Cl)n1. The van der Waals surface area contributed by atoms with E-state index in [4.69, 9.17) is 11.6 Å². The minimum Gasteiger partial charge on any atom is -0.349 e. The lowest BCUT2D eigenvalue weighted by molar-refractivity contribution is 0.0853. The number of rotatable bonds is 3. The highest BCUT2D eigenvalue weighted by atomic mass is 35.5. The number of amides is 1. The Balaban J connectivity index is 2.13. The predicted molar refractivity (Wildman–Crippen MR) is 82.1 cm³/mol. The van der Waals surface area contributed by atoms with E-state index in [1.165, 1.54) is 12.8 Å². The van der Waals surface area contributed by atoms with Crippen LogP contribution in [0.1, 0.15) is 62.5 Å². The summed E-state index contributed by atoms with van der Waals surface area (Å²) >= 11 is 5.98. The first kappa shape index (κ1) is 15.3. The third-order valence-electron chi connectivity index (χ3n) is 4.28. The summed E-state index contributed by atoms with van der Waals surface area (Å²) in [5.74, 6) is -0.0380. The van der Waals surface area contributed by atoms with Gasteiger partial charge in [-0.1, -0.05) is 45.2 Å². The van der Waals surface area contributed by atoms with Crippen molar-refractivity contribution in [1.29, 1.82) is 0 Å². The van der Waals surface area contributed by atoms with Crippen LogP contribution in [0.2, 0.25) is 5.15 Å². The Bertz CT molecular complexity index is 499. The molecule has 1 amide bonds. The van der Waals surface area contributed by atoms with Crippen molar-refractivity contribution in [2.45, 2.75) is 58.9 Å². The number of nitrogens with one attached hydrogen (secondary N) is 1. The second-order valence-corrected chi connectivity index (χ2v) is 6.67. The molecule has 1 aromatic rings. The van der Waals surface area contributed by atoms with Crippen molar-refractivity contribution in [3.8, 4) is 0 Å². The maximum atomic E-state index is 12.4. The van der Waals surface area contributed by atoms with E-state index >= 15 is 0 Å². The molecule has 3 nitrogen and oxygen atoms in total. The van der Waals surface area contributed by atoms with Crippen molar-refractivity contribution < 1.29 is 4.79 Å². The molecule has 0 spiro atoms. The number of aromatic nitrogens is 1. The molecule has 0 saturated heterocycles. The zero-order chi connectivity index (χ0) is 14.8. The van der Waals surface area contributed by atoms with Crippen LogP contribution in [0.5, 0.6) is 0 Å². The van der Waals surface area contributed by atoms with Crippen molar-refractivity contribution in [2.24, 2.45) is 5.41 Å². The number of carbonyl (C=O) groups is 1. The predicted octanol–water partition coefficient (Wildman–Crippen LogP) is 4.00. The van der Waals surface area contributed by atoms with E-state index in [0.29, 0.717) is 10.7 Å². The number of hydrogen-bond acceptors (Lipinski definition) is 2. The van der Waals surface area contributed by atoms with Gasteiger partial charge < -0.3 is 5.32 Å². The molecule has 1 unspecified atom stereocenters. The van der Waals surface area contributed by atoms with E-state index in [0.717, 1.165) is 25.0 Å². The standard InChI is InChI=1S/C16H23ClN2O/c1-4-12-9-11(10-14(17)18-12)15(20)19-13-7-5-6-8-16(13,2)3/h9-10,13H,4-8H2,1-3H3,(H,19,20). The monoisotopic (exact) mass is 294 g/mol. The van der Waals surface area contributed by atoms with Gasteiger partial charge >= 0.3 is 0 Å². The number of aryl methyl sites for hydroxylation is 1. The molecule has 4 heteroatoms. The molecule has 1 saturated carbocycles. The van der Waals surface area contributed by atoms with Crippen LogP contribution in [0.25, 0.3) is 0 Å². The number of halogens is 1. The second-order valence-electron chi connectivity index (χ2n) is 6.28. The van der Waals surface area contributed by atoms with E-state index in [1.807, 2.05) is 13.0 Å². The maximum absolute atomic E-state index is 12.4. The van der Waals surface area contributed by atoms with Crippen LogP contribution in [-0.2, 0) is 6.42 Å². The zero-order valence-corrected chi connectivity index (χ0v) is 13.3. The van der Waals surface area contributed by atoms with Gasteiger partial charge in [0.15, 0.2) is 0 Å². The molecule has 2 rings (SSSR count). The number of pyridine rings is 1. The molecule has 110 valence electrons. The molecule has 20 heavy (non-hydrogen) atoms. The average Bonchev–Trinajstić information content (AvgIpc) is 2.40. The molecule has 1 N–H and O–H groups in total. The molecule has 1 fully saturated rings. The van der Waals surface area contributed by atoms with E-state index < -0.39 is 0 Å². The largest absolute Gasteiger partial charge is 0.349 e. The summed E-state index contributed by atoms with van der Waals surface area (Å²) in [6.45, 7) is 6.47. The number of carbonyl (C=O) groups excluding carboxylic acids is 1. The smallest absolute Gasteiger partial charge is 0.251 e. The Kier molecular flexibility index (Phi) is 4.69. The Morgan fingerprint density at radius 3 is 2.85 bits per heavy atom. The van der Waals surface area contributed by atoms with Gasteiger partial charge in [-0.15, -0.1) is 0 Å². The molecule has 1 aliphatic carbocycles. The average molecular weight is 295 g/mol. The van der Waals surface area contributed by atoms with Crippen molar-refractivity contribution in [3.63, 3.8) is 0 Å². The van der Waals surface area contributed by atoms with Crippen LogP contribution in [0.3, 0.4) is 0 Å².